The van der Waals surface area contributed by atoms with Gasteiger partial charge in [0, 0.05) is 23.0 Å². The number of fused-ring (bicyclic) bond motifs is 1. The first-order valence-electron chi connectivity index (χ1n) is 11.4. The summed E-state index contributed by atoms with van der Waals surface area (Å²) in [6.07, 6.45) is 0.829. The molecule has 182 valence electrons. The third-order valence-corrected chi connectivity index (χ3v) is 6.11. The van der Waals surface area contributed by atoms with Gasteiger partial charge in [-0.2, -0.15) is 0 Å². The Morgan fingerprint density at radius 1 is 0.971 bits per heavy atom. The molecule has 35 heavy (non-hydrogen) atoms. The second-order valence-electron chi connectivity index (χ2n) is 8.28. The molecule has 4 aromatic rings. The van der Waals surface area contributed by atoms with Crippen LogP contribution in [0.5, 0.6) is 17.2 Å². The first kappa shape index (κ1) is 24.1. The lowest BCUT2D eigenvalue weighted by atomic mass is 10.0. The number of nitrogens with one attached hydrogen (secondary N) is 2. The molecule has 1 amide bonds. The van der Waals surface area contributed by atoms with Crippen LogP contribution >= 0.6 is 0 Å². The second-order valence-corrected chi connectivity index (χ2v) is 8.28. The van der Waals surface area contributed by atoms with Gasteiger partial charge in [-0.1, -0.05) is 18.2 Å². The van der Waals surface area contributed by atoms with Gasteiger partial charge < -0.3 is 24.5 Å². The van der Waals surface area contributed by atoms with Crippen LogP contribution in [0.25, 0.3) is 22.2 Å². The Kier molecular flexibility index (Phi) is 7.25. The maximum atomic E-state index is 13.5. The highest BCUT2D eigenvalue weighted by Crippen LogP contribution is 2.39. The minimum atomic E-state index is -0.286. The molecule has 0 spiro atoms. The fourth-order valence-corrected chi connectivity index (χ4v) is 4.31. The predicted octanol–water partition coefficient (Wildman–Crippen LogP) is 5.81. The van der Waals surface area contributed by atoms with E-state index < -0.39 is 0 Å². The summed E-state index contributed by atoms with van der Waals surface area (Å²) in [5, 5.41) is 4.12. The zero-order valence-corrected chi connectivity index (χ0v) is 20.3. The number of H-pyrrole nitrogens is 1. The van der Waals surface area contributed by atoms with Crippen LogP contribution < -0.4 is 19.5 Å². The van der Waals surface area contributed by atoms with Gasteiger partial charge in [-0.15, -0.1) is 0 Å². The fourth-order valence-electron chi connectivity index (χ4n) is 4.31. The van der Waals surface area contributed by atoms with Crippen molar-refractivity contribution in [1.82, 2.24) is 10.3 Å². The fraction of sp³-hybridized carbons (Fsp3) is 0.250. The summed E-state index contributed by atoms with van der Waals surface area (Å²) >= 11 is 0. The number of para-hydroxylation sites is 1. The van der Waals surface area contributed by atoms with E-state index >= 15 is 0 Å². The first-order chi connectivity index (χ1) is 16.9. The minimum Gasteiger partial charge on any atom is -0.493 e. The van der Waals surface area contributed by atoms with E-state index in [1.807, 2.05) is 43.3 Å². The Hall–Kier alpha value is -4.00. The van der Waals surface area contributed by atoms with E-state index in [1.54, 1.807) is 33.5 Å². The van der Waals surface area contributed by atoms with Crippen molar-refractivity contribution in [3.63, 3.8) is 0 Å². The van der Waals surface area contributed by atoms with Gasteiger partial charge in [0.2, 0.25) is 11.7 Å². The van der Waals surface area contributed by atoms with Gasteiger partial charge in [0.15, 0.2) is 11.5 Å². The number of methoxy groups -OCH3 is 3. The monoisotopic (exact) mass is 476 g/mol. The average molecular weight is 477 g/mol. The third-order valence-electron chi connectivity index (χ3n) is 6.11. The molecule has 1 heterocycles. The summed E-state index contributed by atoms with van der Waals surface area (Å²) in [6, 6.07) is 17.7. The molecule has 1 unspecified atom stereocenters. The molecule has 3 aromatic carbocycles. The number of aromatic nitrogens is 1. The van der Waals surface area contributed by atoms with Crippen molar-refractivity contribution in [2.75, 3.05) is 21.3 Å². The highest BCUT2D eigenvalue weighted by molar-refractivity contribution is 5.91. The zero-order chi connectivity index (χ0) is 24.9. The van der Waals surface area contributed by atoms with E-state index in [-0.39, 0.29) is 17.8 Å². The number of hydrogen-bond acceptors (Lipinski definition) is 4. The molecule has 0 saturated carbocycles. The number of aromatic amines is 1. The van der Waals surface area contributed by atoms with Gasteiger partial charge in [-0.3, -0.25) is 4.79 Å². The standard InChI is InChI=1S/C28H29FN2O4/c1-17(19-15-24(33-2)28(35-4)25(16-19)34-3)30-26(32)14-13-22-21-7-5-6-8-23(21)31-27(22)18-9-11-20(29)12-10-18/h5-12,15-17,31H,13-14H2,1-4H3,(H,30,32). The molecule has 0 radical (unpaired) electrons. The molecule has 7 heteroatoms. The van der Waals surface area contributed by atoms with Crippen LogP contribution in [0.15, 0.2) is 60.7 Å². The van der Waals surface area contributed by atoms with E-state index in [4.69, 9.17) is 14.2 Å². The molecule has 0 fully saturated rings. The summed E-state index contributed by atoms with van der Waals surface area (Å²) in [6.45, 7) is 1.91. The van der Waals surface area contributed by atoms with E-state index in [9.17, 15) is 9.18 Å². The van der Waals surface area contributed by atoms with Crippen LogP contribution in [0, 0.1) is 5.82 Å². The van der Waals surface area contributed by atoms with Gasteiger partial charge in [0.05, 0.1) is 27.4 Å². The molecule has 2 N–H and O–H groups in total. The molecule has 0 aliphatic rings. The van der Waals surface area contributed by atoms with Gasteiger partial charge >= 0.3 is 0 Å². The normalized spacial score (nSPS) is 11.8. The molecular formula is C28H29FN2O4. The lowest BCUT2D eigenvalue weighted by Crippen LogP contribution is -2.27. The van der Waals surface area contributed by atoms with Crippen LogP contribution in [0.4, 0.5) is 4.39 Å². The van der Waals surface area contributed by atoms with Crippen molar-refractivity contribution >= 4 is 16.8 Å². The van der Waals surface area contributed by atoms with Gasteiger partial charge in [-0.25, -0.2) is 4.39 Å². The molecule has 4 rings (SSSR count). The van der Waals surface area contributed by atoms with Gasteiger partial charge in [0.1, 0.15) is 5.82 Å². The van der Waals surface area contributed by atoms with Crippen LogP contribution in [0.2, 0.25) is 0 Å². The minimum absolute atomic E-state index is 0.0819. The molecule has 6 nitrogen and oxygen atoms in total. The summed E-state index contributed by atoms with van der Waals surface area (Å²) in [7, 11) is 4.67. The summed E-state index contributed by atoms with van der Waals surface area (Å²) in [5.41, 5.74) is 4.63. The number of carbonyl (C=O) groups is 1. The number of benzene rings is 3. The number of amides is 1. The van der Waals surface area contributed by atoms with Crippen LogP contribution in [-0.2, 0) is 11.2 Å². The van der Waals surface area contributed by atoms with E-state index in [2.05, 4.69) is 10.3 Å². The number of hydrogen-bond donors (Lipinski definition) is 2. The smallest absolute Gasteiger partial charge is 0.220 e. The average Bonchev–Trinajstić information content (AvgIpc) is 3.25. The first-order valence-corrected chi connectivity index (χ1v) is 11.4. The van der Waals surface area contributed by atoms with E-state index in [0.29, 0.717) is 30.1 Å². The molecule has 1 aromatic heterocycles. The van der Waals surface area contributed by atoms with Crippen molar-refractivity contribution in [2.24, 2.45) is 0 Å². The number of aryl methyl sites for hydroxylation is 1. The molecule has 0 aliphatic carbocycles. The van der Waals surface area contributed by atoms with Crippen LogP contribution in [0.3, 0.4) is 0 Å². The Morgan fingerprint density at radius 3 is 2.26 bits per heavy atom. The number of carbonyl (C=O) groups excluding carboxylic acids is 1. The van der Waals surface area contributed by atoms with Crippen molar-refractivity contribution in [1.29, 1.82) is 0 Å². The maximum absolute atomic E-state index is 13.5. The van der Waals surface area contributed by atoms with Gasteiger partial charge in [-0.05, 0) is 72.5 Å². The largest absolute Gasteiger partial charge is 0.493 e. The third kappa shape index (κ3) is 5.09. The summed E-state index contributed by atoms with van der Waals surface area (Å²) in [4.78, 5) is 16.4. The number of halogens is 1. The van der Waals surface area contributed by atoms with E-state index in [1.165, 1.54) is 12.1 Å². The molecule has 0 bridgehead atoms. The Bertz CT molecular complexity index is 1310. The Balaban J connectivity index is 1.53. The molecule has 0 saturated heterocycles. The second kappa shape index (κ2) is 10.5. The van der Waals surface area contributed by atoms with Crippen molar-refractivity contribution in [3.05, 3.63) is 77.6 Å². The topological polar surface area (TPSA) is 72.6 Å². The maximum Gasteiger partial charge on any atom is 0.220 e. The molecule has 0 aliphatic heterocycles. The summed E-state index contributed by atoms with van der Waals surface area (Å²) < 4.78 is 29.7. The van der Waals surface area contributed by atoms with Gasteiger partial charge in [0.25, 0.3) is 0 Å². The zero-order valence-electron chi connectivity index (χ0n) is 20.3. The Morgan fingerprint density at radius 2 is 1.63 bits per heavy atom. The van der Waals surface area contributed by atoms with Crippen molar-refractivity contribution in [3.8, 4) is 28.5 Å². The van der Waals surface area contributed by atoms with Crippen LogP contribution in [-0.4, -0.2) is 32.2 Å². The molecular weight excluding hydrogens is 447 g/mol. The van der Waals surface area contributed by atoms with Crippen LogP contribution in [0.1, 0.15) is 30.5 Å². The highest BCUT2D eigenvalue weighted by atomic mass is 19.1. The Labute approximate surface area is 204 Å². The highest BCUT2D eigenvalue weighted by Gasteiger charge is 2.19. The lowest BCUT2D eigenvalue weighted by Gasteiger charge is -2.19. The molecule has 1 atom stereocenters. The lowest BCUT2D eigenvalue weighted by molar-refractivity contribution is -0.121. The quantitative estimate of drug-likeness (QED) is 0.320. The number of ether oxygens (including phenoxy) is 3. The SMILES string of the molecule is COc1cc(C(C)NC(=O)CCc2c(-c3ccc(F)cc3)[nH]c3ccccc23)cc(OC)c1OC. The predicted molar refractivity (Wildman–Crippen MR) is 135 cm³/mol. The summed E-state index contributed by atoms with van der Waals surface area (Å²) in [5.74, 6) is 1.20. The van der Waals surface area contributed by atoms with Crippen molar-refractivity contribution < 1.29 is 23.4 Å². The van der Waals surface area contributed by atoms with E-state index in [0.717, 1.165) is 33.3 Å². The number of rotatable bonds is 9. The van der Waals surface area contributed by atoms with Crippen molar-refractivity contribution in [2.45, 2.75) is 25.8 Å².